The maximum Gasteiger partial charge on any atom is 0.265 e. The minimum Gasteiger partial charge on any atom is -0.494 e. The second-order valence-electron chi connectivity index (χ2n) is 4.59. The van der Waals surface area contributed by atoms with Crippen LogP contribution in [0.15, 0.2) is 39.8 Å². The van der Waals surface area contributed by atoms with Gasteiger partial charge in [-0.25, -0.2) is 4.98 Å². The summed E-state index contributed by atoms with van der Waals surface area (Å²) in [7, 11) is 0. The van der Waals surface area contributed by atoms with Gasteiger partial charge < -0.3 is 14.2 Å². The molecule has 0 amide bonds. The van der Waals surface area contributed by atoms with Crippen LogP contribution in [0, 0.1) is 6.92 Å². The van der Waals surface area contributed by atoms with Crippen molar-refractivity contribution < 1.29 is 9.26 Å². The maximum atomic E-state index is 11.9. The normalized spacial score (nSPS) is 10.6. The summed E-state index contributed by atoms with van der Waals surface area (Å²) >= 11 is 0. The number of hydrogen-bond donors (Lipinski definition) is 1. The molecule has 1 N–H and O–H groups in total. The summed E-state index contributed by atoms with van der Waals surface area (Å²) in [5.41, 5.74) is 0.708. The number of ether oxygens (including phenoxy) is 1. The average molecular weight is 298 g/mol. The van der Waals surface area contributed by atoms with Gasteiger partial charge in [-0.15, -0.1) is 0 Å². The molecule has 2 heterocycles. The van der Waals surface area contributed by atoms with E-state index in [1.54, 1.807) is 6.92 Å². The smallest absolute Gasteiger partial charge is 0.265 e. The van der Waals surface area contributed by atoms with Crippen molar-refractivity contribution in [1.82, 2.24) is 20.1 Å². The number of rotatable bonds is 4. The van der Waals surface area contributed by atoms with E-state index in [-0.39, 0.29) is 17.0 Å². The van der Waals surface area contributed by atoms with Gasteiger partial charge in [0.2, 0.25) is 5.82 Å². The summed E-state index contributed by atoms with van der Waals surface area (Å²) in [6, 6.07) is 7.32. The van der Waals surface area contributed by atoms with Crippen LogP contribution in [0.3, 0.4) is 0 Å². The standard InChI is InChI=1S/C15H14N4O3/c1-3-21-11-6-4-10(5-7-11)13-18-15(22-19-13)12-8-16-9(2)17-14(12)20/h4-8H,3H2,1-2H3,(H,16,17,20). The molecule has 3 aromatic rings. The van der Waals surface area contributed by atoms with Crippen LogP contribution in [0.25, 0.3) is 22.8 Å². The molecule has 0 aliphatic heterocycles. The zero-order valence-electron chi connectivity index (χ0n) is 12.2. The summed E-state index contributed by atoms with van der Waals surface area (Å²) in [5, 5.41) is 3.89. The van der Waals surface area contributed by atoms with Gasteiger partial charge in [0.05, 0.1) is 6.61 Å². The molecule has 0 atom stereocenters. The zero-order chi connectivity index (χ0) is 15.5. The molecule has 112 valence electrons. The van der Waals surface area contributed by atoms with E-state index >= 15 is 0 Å². The Balaban J connectivity index is 1.91. The third-order valence-electron chi connectivity index (χ3n) is 3.01. The van der Waals surface area contributed by atoms with Crippen molar-refractivity contribution in [2.45, 2.75) is 13.8 Å². The lowest BCUT2D eigenvalue weighted by Gasteiger charge is -2.02. The lowest BCUT2D eigenvalue weighted by molar-refractivity contribution is 0.340. The number of nitrogens with zero attached hydrogens (tertiary/aromatic N) is 3. The number of aromatic amines is 1. The Bertz CT molecular complexity index is 836. The van der Waals surface area contributed by atoms with Gasteiger partial charge in [-0.1, -0.05) is 5.16 Å². The topological polar surface area (TPSA) is 93.9 Å². The molecule has 7 nitrogen and oxygen atoms in total. The van der Waals surface area contributed by atoms with Crippen LogP contribution in [-0.4, -0.2) is 26.7 Å². The monoisotopic (exact) mass is 298 g/mol. The highest BCUT2D eigenvalue weighted by Crippen LogP contribution is 2.22. The van der Waals surface area contributed by atoms with E-state index in [4.69, 9.17) is 9.26 Å². The lowest BCUT2D eigenvalue weighted by Crippen LogP contribution is -2.11. The molecule has 0 saturated heterocycles. The van der Waals surface area contributed by atoms with E-state index < -0.39 is 0 Å². The number of H-pyrrole nitrogens is 1. The average Bonchev–Trinajstić information content (AvgIpc) is 2.98. The Hall–Kier alpha value is -2.96. The Morgan fingerprint density at radius 1 is 1.27 bits per heavy atom. The summed E-state index contributed by atoms with van der Waals surface area (Å²) < 4.78 is 10.5. The minimum absolute atomic E-state index is 0.137. The predicted octanol–water partition coefficient (Wildman–Crippen LogP) is 2.19. The minimum atomic E-state index is -0.311. The fourth-order valence-electron chi connectivity index (χ4n) is 1.95. The van der Waals surface area contributed by atoms with E-state index in [1.165, 1.54) is 6.20 Å². The van der Waals surface area contributed by atoms with Crippen molar-refractivity contribution in [2.24, 2.45) is 0 Å². The fraction of sp³-hybridized carbons (Fsp3) is 0.200. The molecule has 22 heavy (non-hydrogen) atoms. The second-order valence-corrected chi connectivity index (χ2v) is 4.59. The van der Waals surface area contributed by atoms with Gasteiger partial charge in [-0.05, 0) is 38.1 Å². The van der Waals surface area contributed by atoms with Crippen LogP contribution in [0.1, 0.15) is 12.7 Å². The Morgan fingerprint density at radius 3 is 2.73 bits per heavy atom. The summed E-state index contributed by atoms with van der Waals surface area (Å²) in [6.45, 7) is 4.23. The largest absolute Gasteiger partial charge is 0.494 e. The zero-order valence-corrected chi connectivity index (χ0v) is 12.2. The van der Waals surface area contributed by atoms with Crippen LogP contribution < -0.4 is 10.3 Å². The maximum absolute atomic E-state index is 11.9. The van der Waals surface area contributed by atoms with Crippen molar-refractivity contribution in [2.75, 3.05) is 6.61 Å². The van der Waals surface area contributed by atoms with Crippen LogP contribution in [-0.2, 0) is 0 Å². The molecule has 2 aromatic heterocycles. The highest BCUT2D eigenvalue weighted by Gasteiger charge is 2.14. The Labute approximate surface area is 126 Å². The molecule has 0 unspecified atom stereocenters. The summed E-state index contributed by atoms with van der Waals surface area (Å²) in [6.07, 6.45) is 1.42. The molecule has 7 heteroatoms. The molecule has 1 aromatic carbocycles. The first-order chi connectivity index (χ1) is 10.7. The molecular formula is C15H14N4O3. The van der Waals surface area contributed by atoms with Gasteiger partial charge in [0, 0.05) is 11.8 Å². The second kappa shape index (κ2) is 5.80. The molecule has 0 aliphatic carbocycles. The molecule has 3 rings (SSSR count). The molecule has 0 radical (unpaired) electrons. The number of hydrogen-bond acceptors (Lipinski definition) is 6. The molecule has 0 fully saturated rings. The van der Waals surface area contributed by atoms with Gasteiger partial charge in [0.15, 0.2) is 0 Å². The number of aryl methyl sites for hydroxylation is 1. The number of aromatic nitrogens is 4. The Kier molecular flexibility index (Phi) is 3.69. The summed E-state index contributed by atoms with van der Waals surface area (Å²) in [4.78, 5) is 22.7. The molecule has 0 spiro atoms. The van der Waals surface area contributed by atoms with Crippen LogP contribution in [0.5, 0.6) is 5.75 Å². The van der Waals surface area contributed by atoms with Crippen molar-refractivity contribution in [3.63, 3.8) is 0 Å². The van der Waals surface area contributed by atoms with E-state index in [1.807, 2.05) is 31.2 Å². The first-order valence-corrected chi connectivity index (χ1v) is 6.80. The van der Waals surface area contributed by atoms with E-state index in [9.17, 15) is 4.79 Å². The quantitative estimate of drug-likeness (QED) is 0.793. The highest BCUT2D eigenvalue weighted by atomic mass is 16.5. The van der Waals surface area contributed by atoms with E-state index in [0.717, 1.165) is 11.3 Å². The van der Waals surface area contributed by atoms with Gasteiger partial charge in [0.25, 0.3) is 11.4 Å². The number of nitrogens with one attached hydrogen (secondary N) is 1. The van der Waals surface area contributed by atoms with Crippen molar-refractivity contribution in [1.29, 1.82) is 0 Å². The van der Waals surface area contributed by atoms with Crippen molar-refractivity contribution >= 4 is 0 Å². The third kappa shape index (κ3) is 2.73. The molecule has 0 saturated carbocycles. The highest BCUT2D eigenvalue weighted by molar-refractivity contribution is 5.59. The van der Waals surface area contributed by atoms with Crippen molar-refractivity contribution in [3.05, 3.63) is 46.6 Å². The Morgan fingerprint density at radius 2 is 2.05 bits per heavy atom. The van der Waals surface area contributed by atoms with Crippen LogP contribution in [0.2, 0.25) is 0 Å². The van der Waals surface area contributed by atoms with Crippen molar-refractivity contribution in [3.8, 4) is 28.6 Å². The van der Waals surface area contributed by atoms with Gasteiger partial charge in [-0.3, -0.25) is 4.79 Å². The molecule has 0 aliphatic rings. The lowest BCUT2D eigenvalue weighted by atomic mass is 10.2. The van der Waals surface area contributed by atoms with E-state index in [0.29, 0.717) is 18.3 Å². The van der Waals surface area contributed by atoms with Crippen LogP contribution in [0.4, 0.5) is 0 Å². The molecule has 0 bridgehead atoms. The predicted molar refractivity (Wildman–Crippen MR) is 79.5 cm³/mol. The summed E-state index contributed by atoms with van der Waals surface area (Å²) in [5.74, 6) is 1.84. The number of benzene rings is 1. The molecular weight excluding hydrogens is 284 g/mol. The van der Waals surface area contributed by atoms with Gasteiger partial charge in [-0.2, -0.15) is 4.98 Å². The first kappa shape index (κ1) is 14.0. The first-order valence-electron chi connectivity index (χ1n) is 6.80. The van der Waals surface area contributed by atoms with E-state index in [2.05, 4.69) is 20.1 Å². The third-order valence-corrected chi connectivity index (χ3v) is 3.01. The SMILES string of the molecule is CCOc1ccc(-c2noc(-c3cnc(C)[nH]c3=O)n2)cc1. The van der Waals surface area contributed by atoms with Crippen LogP contribution >= 0.6 is 0 Å². The fourth-order valence-corrected chi connectivity index (χ4v) is 1.95. The van der Waals surface area contributed by atoms with Gasteiger partial charge in [0.1, 0.15) is 17.1 Å². The van der Waals surface area contributed by atoms with Gasteiger partial charge >= 0.3 is 0 Å².